The van der Waals surface area contributed by atoms with Crippen LogP contribution in [-0.2, 0) is 13.1 Å². The summed E-state index contributed by atoms with van der Waals surface area (Å²) in [4.78, 5) is 4.22. The summed E-state index contributed by atoms with van der Waals surface area (Å²) >= 11 is 5.67. The van der Waals surface area contributed by atoms with Crippen molar-refractivity contribution in [1.82, 2.24) is 20.1 Å². The number of nitrogens with zero attached hydrogens (tertiary/aromatic N) is 3. The van der Waals surface area contributed by atoms with Gasteiger partial charge in [0.15, 0.2) is 0 Å². The van der Waals surface area contributed by atoms with E-state index in [0.29, 0.717) is 13.1 Å². The number of benzene rings is 1. The molecule has 0 saturated heterocycles. The minimum absolute atomic E-state index is 0.00314. The van der Waals surface area contributed by atoms with Gasteiger partial charge in [0.2, 0.25) is 0 Å². The van der Waals surface area contributed by atoms with Gasteiger partial charge in [-0.15, -0.1) is 0 Å². The molecule has 1 heterocycles. The fraction of sp³-hybridized carbons (Fsp3) is 0.429. The van der Waals surface area contributed by atoms with E-state index in [1.165, 1.54) is 12.4 Å². The number of rotatable bonds is 4. The average Bonchev–Trinajstić information content (AvgIpc) is 2.78. The van der Waals surface area contributed by atoms with E-state index in [1.54, 1.807) is 16.8 Å². The summed E-state index contributed by atoms with van der Waals surface area (Å²) in [7, 11) is 0. The average molecular weight is 297 g/mol. The lowest BCUT2D eigenvalue weighted by atomic mass is 10.1. The zero-order valence-electron chi connectivity index (χ0n) is 11.8. The van der Waals surface area contributed by atoms with Gasteiger partial charge in [-0.3, -0.25) is 0 Å². The SMILES string of the molecule is CC(C)(C)NCc1ncnn1Cc1ccc(Cl)c(F)c1. The minimum Gasteiger partial charge on any atom is -0.305 e. The molecule has 0 fully saturated rings. The van der Waals surface area contributed by atoms with E-state index in [2.05, 4.69) is 36.2 Å². The Morgan fingerprint density at radius 1 is 1.35 bits per heavy atom. The molecular formula is C14H18ClFN4. The molecule has 4 nitrogen and oxygen atoms in total. The maximum Gasteiger partial charge on any atom is 0.142 e. The number of nitrogens with one attached hydrogen (secondary N) is 1. The van der Waals surface area contributed by atoms with E-state index in [9.17, 15) is 4.39 Å². The zero-order chi connectivity index (χ0) is 14.8. The van der Waals surface area contributed by atoms with Crippen LogP contribution in [0.15, 0.2) is 24.5 Å². The molecule has 0 bridgehead atoms. The summed E-state index contributed by atoms with van der Waals surface area (Å²) in [6.07, 6.45) is 1.51. The van der Waals surface area contributed by atoms with Crippen molar-refractivity contribution in [1.29, 1.82) is 0 Å². The first-order chi connectivity index (χ1) is 9.35. The van der Waals surface area contributed by atoms with E-state index in [-0.39, 0.29) is 10.6 Å². The molecule has 0 unspecified atom stereocenters. The molecule has 1 aromatic heterocycles. The van der Waals surface area contributed by atoms with Gasteiger partial charge in [-0.05, 0) is 38.5 Å². The van der Waals surface area contributed by atoms with Gasteiger partial charge in [0.25, 0.3) is 0 Å². The number of halogens is 2. The summed E-state index contributed by atoms with van der Waals surface area (Å²) in [5.41, 5.74) is 0.804. The summed E-state index contributed by atoms with van der Waals surface area (Å²) in [5.74, 6) is 0.397. The van der Waals surface area contributed by atoms with Crippen LogP contribution in [0.2, 0.25) is 5.02 Å². The molecule has 0 spiro atoms. The Balaban J connectivity index is 2.10. The van der Waals surface area contributed by atoms with Crippen molar-refractivity contribution >= 4 is 11.6 Å². The Morgan fingerprint density at radius 3 is 2.75 bits per heavy atom. The van der Waals surface area contributed by atoms with Gasteiger partial charge in [-0.1, -0.05) is 17.7 Å². The molecular weight excluding hydrogens is 279 g/mol. The molecule has 1 aromatic carbocycles. The molecule has 20 heavy (non-hydrogen) atoms. The second-order valence-electron chi connectivity index (χ2n) is 5.69. The van der Waals surface area contributed by atoms with Crippen LogP contribution >= 0.6 is 11.6 Å². The van der Waals surface area contributed by atoms with Crippen molar-refractivity contribution < 1.29 is 4.39 Å². The maximum atomic E-state index is 13.4. The van der Waals surface area contributed by atoms with Gasteiger partial charge in [-0.2, -0.15) is 5.10 Å². The molecule has 0 aliphatic rings. The van der Waals surface area contributed by atoms with Crippen molar-refractivity contribution in [3.63, 3.8) is 0 Å². The van der Waals surface area contributed by atoms with Gasteiger partial charge in [0.05, 0.1) is 18.1 Å². The highest BCUT2D eigenvalue weighted by atomic mass is 35.5. The third-order valence-electron chi connectivity index (χ3n) is 2.79. The van der Waals surface area contributed by atoms with E-state index < -0.39 is 5.82 Å². The number of hydrogen-bond acceptors (Lipinski definition) is 3. The van der Waals surface area contributed by atoms with Crippen LogP contribution in [-0.4, -0.2) is 20.3 Å². The predicted octanol–water partition coefficient (Wildman–Crippen LogP) is 3.01. The standard InChI is InChI=1S/C14H18ClFN4/c1-14(2,3)18-7-13-17-9-19-20(13)8-10-4-5-11(15)12(16)6-10/h4-6,9,18H,7-8H2,1-3H3. The topological polar surface area (TPSA) is 42.7 Å². The highest BCUT2D eigenvalue weighted by molar-refractivity contribution is 6.30. The Labute approximate surface area is 123 Å². The number of hydrogen-bond donors (Lipinski definition) is 1. The maximum absolute atomic E-state index is 13.4. The Hall–Kier alpha value is -1.46. The normalized spacial score (nSPS) is 11.8. The molecule has 2 rings (SSSR count). The second-order valence-corrected chi connectivity index (χ2v) is 6.09. The van der Waals surface area contributed by atoms with Crippen molar-refractivity contribution in [3.8, 4) is 0 Å². The molecule has 2 aromatic rings. The molecule has 0 radical (unpaired) electrons. The van der Waals surface area contributed by atoms with Crippen LogP contribution in [0.3, 0.4) is 0 Å². The molecule has 0 amide bonds. The lowest BCUT2D eigenvalue weighted by molar-refractivity contribution is 0.410. The first kappa shape index (κ1) is 14.9. The second kappa shape index (κ2) is 5.89. The summed E-state index contributed by atoms with van der Waals surface area (Å²) in [6.45, 7) is 7.33. The highest BCUT2D eigenvalue weighted by Crippen LogP contribution is 2.16. The van der Waals surface area contributed by atoms with Gasteiger partial charge < -0.3 is 5.32 Å². The van der Waals surface area contributed by atoms with Gasteiger partial charge in [-0.25, -0.2) is 14.1 Å². The molecule has 6 heteroatoms. The van der Waals surface area contributed by atoms with Gasteiger partial charge >= 0.3 is 0 Å². The zero-order valence-corrected chi connectivity index (χ0v) is 12.6. The lowest BCUT2D eigenvalue weighted by Gasteiger charge is -2.20. The first-order valence-electron chi connectivity index (χ1n) is 6.41. The van der Waals surface area contributed by atoms with Crippen molar-refractivity contribution in [2.45, 2.75) is 39.4 Å². The van der Waals surface area contributed by atoms with Crippen molar-refractivity contribution in [3.05, 3.63) is 46.8 Å². The fourth-order valence-corrected chi connectivity index (χ4v) is 1.83. The predicted molar refractivity (Wildman–Crippen MR) is 77.1 cm³/mol. The summed E-state index contributed by atoms with van der Waals surface area (Å²) in [5, 5.41) is 7.65. The molecule has 0 aliphatic heterocycles. The fourth-order valence-electron chi connectivity index (χ4n) is 1.71. The highest BCUT2D eigenvalue weighted by Gasteiger charge is 2.12. The third kappa shape index (κ3) is 4.02. The van der Waals surface area contributed by atoms with Crippen LogP contribution in [0.25, 0.3) is 0 Å². The molecule has 1 N–H and O–H groups in total. The van der Waals surface area contributed by atoms with Crippen LogP contribution in [0.4, 0.5) is 4.39 Å². The van der Waals surface area contributed by atoms with Crippen molar-refractivity contribution in [2.75, 3.05) is 0 Å². The smallest absolute Gasteiger partial charge is 0.142 e. The van der Waals surface area contributed by atoms with Gasteiger partial charge in [0.1, 0.15) is 18.0 Å². The Morgan fingerprint density at radius 2 is 2.10 bits per heavy atom. The minimum atomic E-state index is -0.418. The third-order valence-corrected chi connectivity index (χ3v) is 3.10. The molecule has 0 atom stereocenters. The van der Waals surface area contributed by atoms with Crippen molar-refractivity contribution in [2.24, 2.45) is 0 Å². The molecule has 108 valence electrons. The van der Waals surface area contributed by atoms with E-state index >= 15 is 0 Å². The van der Waals surface area contributed by atoms with Crippen LogP contribution < -0.4 is 5.32 Å². The van der Waals surface area contributed by atoms with Crippen LogP contribution in [0.1, 0.15) is 32.2 Å². The van der Waals surface area contributed by atoms with Gasteiger partial charge in [0, 0.05) is 5.54 Å². The largest absolute Gasteiger partial charge is 0.305 e. The Kier molecular flexibility index (Phi) is 4.40. The number of aromatic nitrogens is 3. The van der Waals surface area contributed by atoms with E-state index in [4.69, 9.17) is 11.6 Å². The van der Waals surface area contributed by atoms with E-state index in [1.807, 2.05) is 0 Å². The lowest BCUT2D eigenvalue weighted by Crippen LogP contribution is -2.36. The summed E-state index contributed by atoms with van der Waals surface area (Å²) < 4.78 is 15.2. The molecule has 0 saturated carbocycles. The Bertz CT molecular complexity index is 589. The summed E-state index contributed by atoms with van der Waals surface area (Å²) in [6, 6.07) is 4.76. The first-order valence-corrected chi connectivity index (χ1v) is 6.78. The van der Waals surface area contributed by atoms with E-state index in [0.717, 1.165) is 11.4 Å². The quantitative estimate of drug-likeness (QED) is 0.943. The monoisotopic (exact) mass is 296 g/mol. The molecule has 0 aliphatic carbocycles. The van der Waals surface area contributed by atoms with Crippen LogP contribution in [0, 0.1) is 5.82 Å². The van der Waals surface area contributed by atoms with Crippen LogP contribution in [0.5, 0.6) is 0 Å².